The molecule has 0 bridgehead atoms. The van der Waals surface area contributed by atoms with Gasteiger partial charge >= 0.3 is 0 Å². The van der Waals surface area contributed by atoms with Crippen LogP contribution in [0.5, 0.6) is 0 Å². The fourth-order valence-electron chi connectivity index (χ4n) is 1.93. The lowest BCUT2D eigenvalue weighted by atomic mass is 10.1. The van der Waals surface area contributed by atoms with Gasteiger partial charge in [0.2, 0.25) is 0 Å². The van der Waals surface area contributed by atoms with E-state index in [-0.39, 0.29) is 0 Å². The average molecular weight is 254 g/mol. The van der Waals surface area contributed by atoms with Gasteiger partial charge in [0.05, 0.1) is 6.10 Å². The van der Waals surface area contributed by atoms with Crippen molar-refractivity contribution in [3.05, 3.63) is 78.2 Å². The average Bonchev–Trinajstić information content (AvgIpc) is 2.47. The monoisotopic (exact) mass is 254 g/mol. The predicted octanol–water partition coefficient (Wildman–Crippen LogP) is 2.58. The molecule has 19 heavy (non-hydrogen) atoms. The maximum atomic E-state index is 9.87. The minimum atomic E-state index is -0.413. The van der Waals surface area contributed by atoms with Gasteiger partial charge in [-0.05, 0) is 24.0 Å². The molecule has 0 saturated carbocycles. The molecule has 2 N–H and O–H groups in total. The van der Waals surface area contributed by atoms with Crippen molar-refractivity contribution in [3.8, 4) is 0 Å². The van der Waals surface area contributed by atoms with Gasteiger partial charge in [0.25, 0.3) is 0 Å². The van der Waals surface area contributed by atoms with Crippen molar-refractivity contribution >= 4 is 0 Å². The van der Waals surface area contributed by atoms with Crippen LogP contribution in [0.3, 0.4) is 0 Å². The molecular formula is C17H20NO. The number of nitrogens with one attached hydrogen (secondary N) is 1. The third kappa shape index (κ3) is 5.25. The highest BCUT2D eigenvalue weighted by Gasteiger charge is 2.04. The number of hydrogen-bond acceptors (Lipinski definition) is 2. The van der Waals surface area contributed by atoms with Crippen LogP contribution in [-0.4, -0.2) is 17.8 Å². The van der Waals surface area contributed by atoms with Gasteiger partial charge in [-0.15, -0.1) is 0 Å². The molecule has 2 nitrogen and oxygen atoms in total. The topological polar surface area (TPSA) is 32.3 Å². The summed E-state index contributed by atoms with van der Waals surface area (Å²) in [6.45, 7) is 1.37. The highest BCUT2D eigenvalue weighted by atomic mass is 16.3. The first-order valence-electron chi connectivity index (χ1n) is 6.64. The van der Waals surface area contributed by atoms with Crippen LogP contribution in [0.2, 0.25) is 0 Å². The summed E-state index contributed by atoms with van der Waals surface area (Å²) >= 11 is 0. The second-order valence-corrected chi connectivity index (χ2v) is 4.61. The Morgan fingerprint density at radius 1 is 0.895 bits per heavy atom. The molecule has 0 aliphatic heterocycles. The van der Waals surface area contributed by atoms with Crippen LogP contribution in [0.25, 0.3) is 0 Å². The molecule has 0 spiro atoms. The number of benzene rings is 2. The van der Waals surface area contributed by atoms with Crippen molar-refractivity contribution in [2.75, 3.05) is 6.54 Å². The molecular weight excluding hydrogens is 234 g/mol. The SMILES string of the molecule is O[C@H]([CH]Cc1ccccc1)CNCc1ccccc1. The quantitative estimate of drug-likeness (QED) is 0.796. The van der Waals surface area contributed by atoms with Gasteiger partial charge in [-0.3, -0.25) is 0 Å². The lowest BCUT2D eigenvalue weighted by Crippen LogP contribution is -2.27. The summed E-state index contributed by atoms with van der Waals surface area (Å²) in [7, 11) is 0. The number of hydrogen-bond donors (Lipinski definition) is 2. The van der Waals surface area contributed by atoms with E-state index in [4.69, 9.17) is 0 Å². The van der Waals surface area contributed by atoms with E-state index < -0.39 is 6.10 Å². The summed E-state index contributed by atoms with van der Waals surface area (Å²) < 4.78 is 0. The second-order valence-electron chi connectivity index (χ2n) is 4.61. The van der Waals surface area contributed by atoms with Crippen molar-refractivity contribution in [1.82, 2.24) is 5.32 Å². The van der Waals surface area contributed by atoms with Gasteiger partial charge in [-0.2, -0.15) is 0 Å². The van der Waals surface area contributed by atoms with Gasteiger partial charge in [0, 0.05) is 13.1 Å². The highest BCUT2D eigenvalue weighted by Crippen LogP contribution is 2.04. The van der Waals surface area contributed by atoms with E-state index >= 15 is 0 Å². The molecule has 0 aliphatic rings. The minimum absolute atomic E-state index is 0.413. The van der Waals surface area contributed by atoms with Gasteiger partial charge in [0.15, 0.2) is 0 Å². The largest absolute Gasteiger partial charge is 0.391 e. The van der Waals surface area contributed by atoms with Crippen LogP contribution in [0, 0.1) is 6.42 Å². The van der Waals surface area contributed by atoms with Crippen molar-refractivity contribution < 1.29 is 5.11 Å². The smallest absolute Gasteiger partial charge is 0.0699 e. The summed E-state index contributed by atoms with van der Waals surface area (Å²) in [6.07, 6.45) is 2.33. The fraction of sp³-hybridized carbons (Fsp3) is 0.235. The third-order valence-electron chi connectivity index (χ3n) is 2.99. The van der Waals surface area contributed by atoms with E-state index in [1.165, 1.54) is 11.1 Å². The summed E-state index contributed by atoms with van der Waals surface area (Å²) in [5, 5.41) is 13.1. The fourth-order valence-corrected chi connectivity index (χ4v) is 1.93. The molecule has 0 saturated heterocycles. The zero-order valence-corrected chi connectivity index (χ0v) is 11.0. The minimum Gasteiger partial charge on any atom is -0.391 e. The summed E-state index contributed by atoms with van der Waals surface area (Å²) in [4.78, 5) is 0. The lowest BCUT2D eigenvalue weighted by Gasteiger charge is -2.11. The van der Waals surface area contributed by atoms with Crippen molar-refractivity contribution in [2.45, 2.75) is 19.1 Å². The Hall–Kier alpha value is -1.64. The van der Waals surface area contributed by atoms with Crippen LogP contribution in [0.1, 0.15) is 11.1 Å². The number of aliphatic hydroxyl groups is 1. The molecule has 2 aromatic carbocycles. The molecule has 0 aromatic heterocycles. The van der Waals surface area contributed by atoms with Crippen LogP contribution in [0.15, 0.2) is 60.7 Å². The first-order valence-corrected chi connectivity index (χ1v) is 6.64. The summed E-state index contributed by atoms with van der Waals surface area (Å²) in [6, 6.07) is 20.4. The van der Waals surface area contributed by atoms with Crippen LogP contribution in [-0.2, 0) is 13.0 Å². The molecule has 0 aliphatic carbocycles. The molecule has 1 atom stereocenters. The molecule has 0 heterocycles. The first kappa shape index (κ1) is 13.8. The Kier molecular flexibility index (Phi) is 5.60. The maximum absolute atomic E-state index is 9.87. The highest BCUT2D eigenvalue weighted by molar-refractivity contribution is 5.17. The third-order valence-corrected chi connectivity index (χ3v) is 2.99. The van der Waals surface area contributed by atoms with E-state index in [9.17, 15) is 5.11 Å². The Balaban J connectivity index is 1.64. The lowest BCUT2D eigenvalue weighted by molar-refractivity contribution is 0.200. The molecule has 99 valence electrons. The van der Waals surface area contributed by atoms with Crippen molar-refractivity contribution in [3.63, 3.8) is 0 Å². The van der Waals surface area contributed by atoms with Crippen LogP contribution in [0.4, 0.5) is 0 Å². The Morgan fingerprint density at radius 3 is 2.11 bits per heavy atom. The molecule has 1 radical (unpaired) electrons. The van der Waals surface area contributed by atoms with E-state index in [0.717, 1.165) is 13.0 Å². The standard InChI is InChI=1S/C17H20NO/c19-17(12-11-15-7-3-1-4-8-15)14-18-13-16-9-5-2-6-10-16/h1-10,12,17-19H,11,13-14H2/t17-/m1/s1. The van der Waals surface area contributed by atoms with Crippen LogP contribution < -0.4 is 5.32 Å². The van der Waals surface area contributed by atoms with Gasteiger partial charge < -0.3 is 10.4 Å². The van der Waals surface area contributed by atoms with E-state index in [1.54, 1.807) is 0 Å². The number of aliphatic hydroxyl groups excluding tert-OH is 1. The van der Waals surface area contributed by atoms with E-state index in [1.807, 2.05) is 42.8 Å². The van der Waals surface area contributed by atoms with Crippen molar-refractivity contribution in [2.24, 2.45) is 0 Å². The van der Waals surface area contributed by atoms with Crippen molar-refractivity contribution in [1.29, 1.82) is 0 Å². The Bertz CT molecular complexity index is 455. The zero-order chi connectivity index (χ0) is 13.3. The molecule has 0 amide bonds. The first-order chi connectivity index (χ1) is 9.34. The molecule has 2 heteroatoms. The van der Waals surface area contributed by atoms with Gasteiger partial charge in [0.1, 0.15) is 0 Å². The second kappa shape index (κ2) is 7.72. The molecule has 0 fully saturated rings. The number of rotatable bonds is 7. The van der Waals surface area contributed by atoms with Crippen LogP contribution >= 0.6 is 0 Å². The molecule has 2 rings (SSSR count). The summed E-state index contributed by atoms with van der Waals surface area (Å²) in [5.74, 6) is 0. The maximum Gasteiger partial charge on any atom is 0.0699 e. The van der Waals surface area contributed by atoms with Gasteiger partial charge in [-0.1, -0.05) is 60.7 Å². The molecule has 2 aromatic rings. The van der Waals surface area contributed by atoms with E-state index in [2.05, 4.69) is 29.6 Å². The Morgan fingerprint density at radius 2 is 1.47 bits per heavy atom. The Labute approximate surface area is 115 Å². The van der Waals surface area contributed by atoms with Gasteiger partial charge in [-0.25, -0.2) is 0 Å². The summed E-state index contributed by atoms with van der Waals surface area (Å²) in [5.41, 5.74) is 2.46. The zero-order valence-electron chi connectivity index (χ0n) is 11.0. The van der Waals surface area contributed by atoms with E-state index in [0.29, 0.717) is 6.54 Å². The predicted molar refractivity (Wildman–Crippen MR) is 78.6 cm³/mol. The normalized spacial score (nSPS) is 12.3. The molecule has 0 unspecified atom stereocenters.